The first-order valence-electron chi connectivity index (χ1n) is 10.9. The zero-order valence-corrected chi connectivity index (χ0v) is 21.0. The summed E-state index contributed by atoms with van der Waals surface area (Å²) in [7, 11) is -4.64. The predicted octanol–water partition coefficient (Wildman–Crippen LogP) is -0.230. The van der Waals surface area contributed by atoms with Gasteiger partial charge in [-0.2, -0.15) is 11.8 Å². The highest BCUT2D eigenvalue weighted by molar-refractivity contribution is 8.03. The SMILES string of the molecule is C[C@@H](O)[C@H]1C(=O)N2C(C(=O)O)=C(S[C@@H]3CN[C@H](CS[C@H]4CCNC4)C3)[C@H](C)[C@H]12.O=P(O)(O)O. The van der Waals surface area contributed by atoms with Crippen molar-refractivity contribution in [2.24, 2.45) is 11.8 Å². The van der Waals surface area contributed by atoms with Gasteiger partial charge >= 0.3 is 13.8 Å². The lowest BCUT2D eigenvalue weighted by Gasteiger charge is -2.46. The third kappa shape index (κ3) is 6.53. The maximum atomic E-state index is 12.4. The highest BCUT2D eigenvalue weighted by atomic mass is 32.2. The van der Waals surface area contributed by atoms with E-state index in [1.807, 2.05) is 18.7 Å². The Morgan fingerprint density at radius 2 is 1.94 bits per heavy atom. The molecule has 4 aliphatic heterocycles. The van der Waals surface area contributed by atoms with Gasteiger partial charge in [0.1, 0.15) is 5.70 Å². The van der Waals surface area contributed by atoms with Gasteiger partial charge in [-0.15, -0.1) is 11.8 Å². The fourth-order valence-electron chi connectivity index (χ4n) is 4.88. The summed E-state index contributed by atoms with van der Waals surface area (Å²) in [5.41, 5.74) is 0.138. The van der Waals surface area contributed by atoms with Gasteiger partial charge in [0.2, 0.25) is 5.91 Å². The van der Waals surface area contributed by atoms with Crippen LogP contribution in [0, 0.1) is 11.8 Å². The van der Waals surface area contributed by atoms with Gasteiger partial charge in [0, 0.05) is 46.2 Å². The number of carbonyl (C=O) groups is 2. The fourth-order valence-corrected chi connectivity index (χ4v) is 7.68. The van der Waals surface area contributed by atoms with Gasteiger partial charge in [-0.25, -0.2) is 9.36 Å². The number of aliphatic hydroxyl groups excluding tert-OH is 1. The fraction of sp³-hybridized carbons (Fsp3) is 0.789. The van der Waals surface area contributed by atoms with Crippen LogP contribution in [-0.2, 0) is 14.2 Å². The van der Waals surface area contributed by atoms with Gasteiger partial charge in [-0.05, 0) is 26.3 Å². The lowest BCUT2D eigenvalue weighted by molar-refractivity contribution is -0.163. The van der Waals surface area contributed by atoms with E-state index in [1.165, 1.54) is 11.3 Å². The molecule has 7 atom stereocenters. The highest BCUT2D eigenvalue weighted by Gasteiger charge is 2.60. The number of carbonyl (C=O) groups excluding carboxylic acids is 1. The zero-order valence-electron chi connectivity index (χ0n) is 18.5. The van der Waals surface area contributed by atoms with Crippen molar-refractivity contribution in [2.45, 2.75) is 55.4 Å². The van der Waals surface area contributed by atoms with E-state index in [1.54, 1.807) is 18.7 Å². The van der Waals surface area contributed by atoms with E-state index in [2.05, 4.69) is 10.6 Å². The van der Waals surface area contributed by atoms with E-state index < -0.39 is 25.8 Å². The monoisotopic (exact) mass is 525 g/mol. The van der Waals surface area contributed by atoms with Gasteiger partial charge in [0.25, 0.3) is 0 Å². The lowest BCUT2D eigenvalue weighted by Crippen LogP contribution is -2.63. The first-order valence-corrected chi connectivity index (χ1v) is 14.4. The number of β-lactam (4-membered cyclic amide) rings is 1. The number of carboxylic acids is 1. The molecule has 0 radical (unpaired) electrons. The Bertz CT molecular complexity index is 824. The molecule has 3 saturated heterocycles. The van der Waals surface area contributed by atoms with E-state index >= 15 is 0 Å². The van der Waals surface area contributed by atoms with Crippen molar-refractivity contribution in [2.75, 3.05) is 25.4 Å². The van der Waals surface area contributed by atoms with Crippen LogP contribution in [0.3, 0.4) is 0 Å². The standard InChI is InChI=1S/C19H29N3O4S2.H3O4P/c1-9-15-14(10(2)23)18(24)22(15)16(19(25)26)17(9)28-13-5-11(21-7-13)8-27-12-3-4-20-6-12;1-5(2,3)4/h9-15,20-21,23H,3-8H2,1-2H3,(H,25,26);(H3,1,2,3,4)/t9-,10-,11+,12+,13+,14-,15-;/m1./s1. The second-order valence-electron chi connectivity index (χ2n) is 8.81. The van der Waals surface area contributed by atoms with E-state index in [9.17, 15) is 19.8 Å². The summed E-state index contributed by atoms with van der Waals surface area (Å²) >= 11 is 3.65. The average molecular weight is 526 g/mol. The number of phosphoric acid groups is 1. The summed E-state index contributed by atoms with van der Waals surface area (Å²) < 4.78 is 8.88. The molecule has 0 unspecified atom stereocenters. The number of fused-ring (bicyclic) bond motifs is 1. The average Bonchev–Trinajstić information content (AvgIpc) is 3.39. The number of hydrogen-bond acceptors (Lipinski definition) is 8. The summed E-state index contributed by atoms with van der Waals surface area (Å²) in [5, 5.41) is 27.7. The van der Waals surface area contributed by atoms with Gasteiger partial charge in [0.05, 0.1) is 18.1 Å². The Labute approximate surface area is 201 Å². The van der Waals surface area contributed by atoms with Crippen molar-refractivity contribution >= 4 is 43.2 Å². The molecule has 14 heteroatoms. The Kier molecular flexibility index (Phi) is 8.96. The molecule has 0 aliphatic carbocycles. The van der Waals surface area contributed by atoms with Gasteiger partial charge in [0.15, 0.2) is 0 Å². The van der Waals surface area contributed by atoms with Crippen LogP contribution >= 0.6 is 31.3 Å². The quantitative estimate of drug-likeness (QED) is 0.172. The molecule has 11 nitrogen and oxygen atoms in total. The molecule has 33 heavy (non-hydrogen) atoms. The van der Waals surface area contributed by atoms with Crippen molar-refractivity contribution < 1.29 is 39.0 Å². The second-order valence-corrected chi connectivity index (χ2v) is 12.5. The van der Waals surface area contributed by atoms with Crippen LogP contribution in [0.25, 0.3) is 0 Å². The number of aliphatic hydroxyl groups is 1. The van der Waals surface area contributed by atoms with Crippen molar-refractivity contribution in [1.82, 2.24) is 15.5 Å². The number of carboxylic acid groups (broad SMARTS) is 1. The number of thioether (sulfide) groups is 2. The van der Waals surface area contributed by atoms with E-state index in [0.717, 1.165) is 36.7 Å². The number of aliphatic carboxylic acids is 1. The van der Waals surface area contributed by atoms with Gasteiger partial charge in [-0.1, -0.05) is 6.92 Å². The van der Waals surface area contributed by atoms with Crippen LogP contribution in [0.5, 0.6) is 0 Å². The normalized spacial score (nSPS) is 34.6. The number of hydrogen-bond donors (Lipinski definition) is 7. The minimum Gasteiger partial charge on any atom is -0.477 e. The molecular formula is C19H32N3O8PS2. The van der Waals surface area contributed by atoms with Gasteiger partial charge < -0.3 is 40.4 Å². The molecule has 0 bridgehead atoms. The summed E-state index contributed by atoms with van der Waals surface area (Å²) in [4.78, 5) is 48.1. The third-order valence-corrected chi connectivity index (χ3v) is 9.31. The van der Waals surface area contributed by atoms with E-state index in [0.29, 0.717) is 16.5 Å². The number of rotatable bonds is 7. The number of amides is 1. The summed E-state index contributed by atoms with van der Waals surface area (Å²) in [6, 6.07) is 0.231. The Hall–Kier alpha value is -0.630. The van der Waals surface area contributed by atoms with Crippen molar-refractivity contribution in [1.29, 1.82) is 0 Å². The van der Waals surface area contributed by atoms with Crippen LogP contribution in [-0.4, -0.2) is 95.7 Å². The molecule has 3 fully saturated rings. The lowest BCUT2D eigenvalue weighted by atomic mass is 9.79. The molecule has 0 saturated carbocycles. The molecule has 4 heterocycles. The molecule has 0 aromatic rings. The molecule has 7 N–H and O–H groups in total. The summed E-state index contributed by atoms with van der Waals surface area (Å²) in [5.74, 6) is -0.759. The van der Waals surface area contributed by atoms with Crippen molar-refractivity contribution in [3.63, 3.8) is 0 Å². The van der Waals surface area contributed by atoms with Crippen molar-refractivity contribution in [3.05, 3.63) is 10.6 Å². The number of nitrogens with zero attached hydrogens (tertiary/aromatic N) is 1. The Morgan fingerprint density at radius 1 is 1.27 bits per heavy atom. The van der Waals surface area contributed by atoms with Crippen molar-refractivity contribution in [3.8, 4) is 0 Å². The summed E-state index contributed by atoms with van der Waals surface area (Å²) in [6.45, 7) is 6.67. The molecule has 4 aliphatic rings. The zero-order chi connectivity index (χ0) is 24.5. The maximum Gasteiger partial charge on any atom is 0.466 e. The predicted molar refractivity (Wildman–Crippen MR) is 125 cm³/mol. The Balaban J connectivity index is 0.000000555. The molecule has 0 spiro atoms. The molecule has 0 aromatic carbocycles. The largest absolute Gasteiger partial charge is 0.477 e. The third-order valence-electron chi connectivity index (χ3n) is 6.33. The van der Waals surface area contributed by atoms with Crippen LogP contribution in [0.15, 0.2) is 10.6 Å². The second kappa shape index (κ2) is 11.0. The number of nitrogens with one attached hydrogen (secondary N) is 2. The minimum absolute atomic E-state index is 0.0496. The Morgan fingerprint density at radius 3 is 2.48 bits per heavy atom. The molecule has 4 rings (SSSR count). The smallest absolute Gasteiger partial charge is 0.466 e. The molecular weight excluding hydrogens is 493 g/mol. The maximum absolute atomic E-state index is 12.4. The van der Waals surface area contributed by atoms with Crippen LogP contribution in [0.1, 0.15) is 26.7 Å². The molecule has 0 aromatic heterocycles. The van der Waals surface area contributed by atoms with Crippen LogP contribution in [0.4, 0.5) is 0 Å². The minimum atomic E-state index is -4.64. The van der Waals surface area contributed by atoms with E-state index in [4.69, 9.17) is 19.2 Å². The van der Waals surface area contributed by atoms with Crippen LogP contribution in [0.2, 0.25) is 0 Å². The van der Waals surface area contributed by atoms with Crippen LogP contribution < -0.4 is 10.6 Å². The molecule has 188 valence electrons. The topological polar surface area (TPSA) is 180 Å². The highest BCUT2D eigenvalue weighted by Crippen LogP contribution is 2.51. The summed E-state index contributed by atoms with van der Waals surface area (Å²) in [6.07, 6.45) is 1.49. The molecule has 1 amide bonds. The first-order chi connectivity index (χ1) is 15.4. The van der Waals surface area contributed by atoms with E-state index in [-0.39, 0.29) is 23.6 Å². The van der Waals surface area contributed by atoms with Gasteiger partial charge in [-0.3, -0.25) is 4.79 Å². The first kappa shape index (κ1) is 27.0.